The molecule has 0 N–H and O–H groups in total. The van der Waals surface area contributed by atoms with E-state index in [4.69, 9.17) is 0 Å². The molecule has 0 aliphatic rings. The van der Waals surface area contributed by atoms with Crippen molar-refractivity contribution >= 4 is 32.4 Å². The van der Waals surface area contributed by atoms with E-state index in [0.29, 0.717) is 22.8 Å². The number of non-ortho nitro benzene ring substituents is 1. The number of nitro groups is 1. The van der Waals surface area contributed by atoms with E-state index < -0.39 is 4.92 Å². The first-order valence-electron chi connectivity index (χ1n) is 6.54. The number of fused-ring (bicyclic) bond motifs is 1. The molecule has 0 amide bonds. The Bertz CT molecular complexity index is 850. The second-order valence-electron chi connectivity index (χ2n) is 4.85. The fourth-order valence-corrected chi connectivity index (χ4v) is 3.09. The molecular formula is C15H12FN3O2S. The summed E-state index contributed by atoms with van der Waals surface area (Å²) in [5.41, 5.74) is 1.32. The van der Waals surface area contributed by atoms with Crippen molar-refractivity contribution in [1.29, 1.82) is 0 Å². The summed E-state index contributed by atoms with van der Waals surface area (Å²) in [6.07, 6.45) is 0. The molecule has 1 aromatic heterocycles. The fraction of sp³-hybridized carbons (Fsp3) is 0.133. The average molecular weight is 317 g/mol. The molecule has 0 atom stereocenters. The van der Waals surface area contributed by atoms with E-state index in [1.807, 2.05) is 11.9 Å². The Kier molecular flexibility index (Phi) is 3.72. The van der Waals surface area contributed by atoms with Crippen LogP contribution in [0.2, 0.25) is 0 Å². The maximum atomic E-state index is 13.7. The molecule has 0 saturated heterocycles. The highest BCUT2D eigenvalue weighted by atomic mass is 32.1. The number of hydrogen-bond donors (Lipinski definition) is 0. The maximum absolute atomic E-state index is 13.7. The normalized spacial score (nSPS) is 10.8. The molecule has 0 unspecified atom stereocenters. The number of aromatic nitrogens is 1. The molecule has 0 spiro atoms. The first-order chi connectivity index (χ1) is 10.5. The van der Waals surface area contributed by atoms with Crippen LogP contribution < -0.4 is 4.90 Å². The summed E-state index contributed by atoms with van der Waals surface area (Å²) in [5.74, 6) is -0.258. The zero-order valence-corrected chi connectivity index (χ0v) is 12.5. The van der Waals surface area contributed by atoms with Crippen molar-refractivity contribution in [3.05, 3.63) is 64.0 Å². The minimum Gasteiger partial charge on any atom is -0.347 e. The molecule has 0 radical (unpaired) electrons. The van der Waals surface area contributed by atoms with Crippen LogP contribution in [0, 0.1) is 15.9 Å². The third-order valence-electron chi connectivity index (χ3n) is 3.26. The number of benzene rings is 2. The summed E-state index contributed by atoms with van der Waals surface area (Å²) >= 11 is 1.35. The standard InChI is InChI=1S/C15H12FN3O2S/c1-18(9-10-4-2-3-5-12(10)16)15-17-13-7-6-11(19(20)21)8-14(13)22-15/h2-8H,9H2,1H3. The molecule has 1 heterocycles. The number of hydrogen-bond acceptors (Lipinski definition) is 5. The lowest BCUT2D eigenvalue weighted by Crippen LogP contribution is -2.16. The number of anilines is 1. The average Bonchev–Trinajstić information content (AvgIpc) is 2.92. The van der Waals surface area contributed by atoms with Gasteiger partial charge >= 0.3 is 0 Å². The van der Waals surface area contributed by atoms with Gasteiger partial charge in [-0.15, -0.1) is 0 Å². The van der Waals surface area contributed by atoms with Gasteiger partial charge in [0.15, 0.2) is 5.13 Å². The Balaban J connectivity index is 1.89. The molecule has 22 heavy (non-hydrogen) atoms. The molecule has 5 nitrogen and oxygen atoms in total. The SMILES string of the molecule is CN(Cc1ccccc1F)c1nc2ccc([N+](=O)[O-])cc2s1. The van der Waals surface area contributed by atoms with Crippen molar-refractivity contribution in [2.45, 2.75) is 6.54 Å². The van der Waals surface area contributed by atoms with E-state index in [9.17, 15) is 14.5 Å². The van der Waals surface area contributed by atoms with Crippen molar-refractivity contribution < 1.29 is 9.31 Å². The highest BCUT2D eigenvalue weighted by Crippen LogP contribution is 2.31. The van der Waals surface area contributed by atoms with Gasteiger partial charge in [-0.1, -0.05) is 29.5 Å². The van der Waals surface area contributed by atoms with Gasteiger partial charge in [-0.2, -0.15) is 0 Å². The molecule has 0 fully saturated rings. The van der Waals surface area contributed by atoms with Crippen LogP contribution in [0.4, 0.5) is 15.2 Å². The molecule has 0 bridgehead atoms. The number of halogens is 1. The first kappa shape index (κ1) is 14.4. The van der Waals surface area contributed by atoms with E-state index in [2.05, 4.69) is 4.98 Å². The molecule has 0 aliphatic carbocycles. The topological polar surface area (TPSA) is 59.3 Å². The summed E-state index contributed by atoms with van der Waals surface area (Å²) in [4.78, 5) is 16.6. The zero-order chi connectivity index (χ0) is 15.7. The van der Waals surface area contributed by atoms with E-state index >= 15 is 0 Å². The van der Waals surface area contributed by atoms with Gasteiger partial charge in [0.25, 0.3) is 5.69 Å². The van der Waals surface area contributed by atoms with Crippen LogP contribution in [-0.2, 0) is 6.54 Å². The van der Waals surface area contributed by atoms with Gasteiger partial charge in [-0.3, -0.25) is 10.1 Å². The summed E-state index contributed by atoms with van der Waals surface area (Å²) in [5, 5.41) is 11.5. The molecule has 0 aliphatic heterocycles. The van der Waals surface area contributed by atoms with Gasteiger partial charge in [-0.25, -0.2) is 9.37 Å². The van der Waals surface area contributed by atoms with Crippen molar-refractivity contribution in [3.8, 4) is 0 Å². The van der Waals surface area contributed by atoms with E-state index in [1.165, 1.54) is 29.5 Å². The summed E-state index contributed by atoms with van der Waals surface area (Å²) in [7, 11) is 1.82. The van der Waals surface area contributed by atoms with Crippen LogP contribution in [0.5, 0.6) is 0 Å². The van der Waals surface area contributed by atoms with Crippen molar-refractivity contribution in [3.63, 3.8) is 0 Å². The van der Waals surface area contributed by atoms with Gasteiger partial charge < -0.3 is 4.90 Å². The van der Waals surface area contributed by atoms with Crippen LogP contribution in [0.3, 0.4) is 0 Å². The lowest BCUT2D eigenvalue weighted by molar-refractivity contribution is -0.384. The highest BCUT2D eigenvalue weighted by molar-refractivity contribution is 7.22. The second-order valence-corrected chi connectivity index (χ2v) is 5.86. The second kappa shape index (κ2) is 5.69. The Morgan fingerprint density at radius 1 is 1.32 bits per heavy atom. The van der Waals surface area contributed by atoms with Crippen LogP contribution in [0.1, 0.15) is 5.56 Å². The number of rotatable bonds is 4. The highest BCUT2D eigenvalue weighted by Gasteiger charge is 2.13. The molecular weight excluding hydrogens is 305 g/mol. The number of nitro benzene ring substituents is 1. The minimum absolute atomic E-state index is 0.0412. The third kappa shape index (κ3) is 2.75. The molecule has 3 rings (SSSR count). The largest absolute Gasteiger partial charge is 0.347 e. The van der Waals surface area contributed by atoms with Crippen LogP contribution in [0.25, 0.3) is 10.2 Å². The first-order valence-corrected chi connectivity index (χ1v) is 7.36. The Morgan fingerprint density at radius 2 is 2.09 bits per heavy atom. The third-order valence-corrected chi connectivity index (χ3v) is 4.40. The lowest BCUT2D eigenvalue weighted by atomic mass is 10.2. The predicted molar refractivity (Wildman–Crippen MR) is 84.8 cm³/mol. The summed E-state index contributed by atoms with van der Waals surface area (Å²) < 4.78 is 14.4. The molecule has 7 heteroatoms. The van der Waals surface area contributed by atoms with Crippen LogP contribution in [0.15, 0.2) is 42.5 Å². The van der Waals surface area contributed by atoms with Gasteiger partial charge in [0.1, 0.15) is 5.82 Å². The summed E-state index contributed by atoms with van der Waals surface area (Å²) in [6, 6.07) is 11.2. The van der Waals surface area contributed by atoms with Crippen LogP contribution >= 0.6 is 11.3 Å². The quantitative estimate of drug-likeness (QED) is 0.539. The van der Waals surface area contributed by atoms with E-state index in [-0.39, 0.29) is 11.5 Å². The monoisotopic (exact) mass is 317 g/mol. The molecule has 2 aromatic carbocycles. The summed E-state index contributed by atoms with van der Waals surface area (Å²) in [6.45, 7) is 0.384. The maximum Gasteiger partial charge on any atom is 0.270 e. The van der Waals surface area contributed by atoms with Crippen molar-refractivity contribution in [2.75, 3.05) is 11.9 Å². The molecule has 0 saturated carbocycles. The number of nitrogens with zero attached hydrogens (tertiary/aromatic N) is 3. The van der Waals surface area contributed by atoms with Crippen molar-refractivity contribution in [2.24, 2.45) is 0 Å². The Morgan fingerprint density at radius 3 is 2.82 bits per heavy atom. The van der Waals surface area contributed by atoms with Gasteiger partial charge in [-0.05, 0) is 12.1 Å². The van der Waals surface area contributed by atoms with Gasteiger partial charge in [0.2, 0.25) is 0 Å². The van der Waals surface area contributed by atoms with Gasteiger partial charge in [0, 0.05) is 31.3 Å². The molecule has 3 aromatic rings. The minimum atomic E-state index is -0.429. The van der Waals surface area contributed by atoms with E-state index in [0.717, 1.165) is 4.70 Å². The van der Waals surface area contributed by atoms with E-state index in [1.54, 1.807) is 24.3 Å². The number of thiazole rings is 1. The Hall–Kier alpha value is -2.54. The fourth-order valence-electron chi connectivity index (χ4n) is 2.13. The lowest BCUT2D eigenvalue weighted by Gasteiger charge is -2.15. The van der Waals surface area contributed by atoms with Crippen LogP contribution in [-0.4, -0.2) is 17.0 Å². The van der Waals surface area contributed by atoms with Crippen molar-refractivity contribution in [1.82, 2.24) is 4.98 Å². The molecule has 112 valence electrons. The van der Waals surface area contributed by atoms with Gasteiger partial charge in [0.05, 0.1) is 15.1 Å². The smallest absolute Gasteiger partial charge is 0.270 e. The Labute approximate surface area is 129 Å². The zero-order valence-electron chi connectivity index (χ0n) is 11.7. The predicted octanol–water partition coefficient (Wildman–Crippen LogP) is 3.98.